The number of nitro groups is 1. The number of hydrogen-bond acceptors (Lipinski definition) is 5. The molecule has 2 aromatic rings. The van der Waals surface area contributed by atoms with Crippen LogP contribution in [0.15, 0.2) is 30.6 Å². The van der Waals surface area contributed by atoms with Crippen LogP contribution in [-0.4, -0.2) is 28.5 Å². The average Bonchev–Trinajstić information content (AvgIpc) is 2.91. The molecule has 0 radical (unpaired) electrons. The maximum Gasteiger partial charge on any atom is 0.311 e. The van der Waals surface area contributed by atoms with E-state index in [0.29, 0.717) is 6.54 Å². The van der Waals surface area contributed by atoms with Crippen LogP contribution in [0.3, 0.4) is 0 Å². The zero-order valence-electron chi connectivity index (χ0n) is 10.4. The van der Waals surface area contributed by atoms with E-state index in [2.05, 4.69) is 15.3 Å². The van der Waals surface area contributed by atoms with Gasteiger partial charge < -0.3 is 15.0 Å². The average molecular weight is 262 g/mol. The molecule has 0 aliphatic carbocycles. The maximum atomic E-state index is 10.8. The van der Waals surface area contributed by atoms with Gasteiger partial charge in [0, 0.05) is 43.2 Å². The number of nitrogens with zero attached hydrogens (tertiary/aromatic N) is 2. The van der Waals surface area contributed by atoms with Crippen LogP contribution in [-0.2, 0) is 6.42 Å². The third-order valence-corrected chi connectivity index (χ3v) is 2.62. The first kappa shape index (κ1) is 12.9. The van der Waals surface area contributed by atoms with Gasteiger partial charge in [-0.2, -0.15) is 0 Å². The molecule has 0 aliphatic rings. The van der Waals surface area contributed by atoms with Gasteiger partial charge in [-0.15, -0.1) is 0 Å². The molecule has 0 unspecified atom stereocenters. The Morgan fingerprint density at radius 3 is 3.00 bits per heavy atom. The first-order valence-electron chi connectivity index (χ1n) is 5.75. The third kappa shape index (κ3) is 3.21. The Morgan fingerprint density at radius 1 is 1.53 bits per heavy atom. The summed E-state index contributed by atoms with van der Waals surface area (Å²) in [7, 11) is 1.41. The standard InChI is InChI=1S/C12H14N4O3/c1-19-11-8-9(2-3-10(11)16(17)18)13-5-4-12-14-6-7-15-12/h2-3,6-8,13H,4-5H2,1H3,(H,14,15). The molecule has 1 aromatic heterocycles. The van der Waals surface area contributed by atoms with Crippen LogP contribution >= 0.6 is 0 Å². The Kier molecular flexibility index (Phi) is 3.97. The minimum Gasteiger partial charge on any atom is -0.490 e. The van der Waals surface area contributed by atoms with Gasteiger partial charge in [-0.05, 0) is 6.07 Å². The Balaban J connectivity index is 1.99. The largest absolute Gasteiger partial charge is 0.490 e. The normalized spacial score (nSPS) is 10.2. The predicted octanol–water partition coefficient (Wildman–Crippen LogP) is 1.98. The zero-order chi connectivity index (χ0) is 13.7. The summed E-state index contributed by atoms with van der Waals surface area (Å²) in [5, 5.41) is 13.9. The number of hydrogen-bond donors (Lipinski definition) is 2. The van der Waals surface area contributed by atoms with E-state index >= 15 is 0 Å². The van der Waals surface area contributed by atoms with Crippen molar-refractivity contribution < 1.29 is 9.66 Å². The smallest absolute Gasteiger partial charge is 0.311 e. The molecule has 0 bridgehead atoms. The highest BCUT2D eigenvalue weighted by Gasteiger charge is 2.14. The highest BCUT2D eigenvalue weighted by atomic mass is 16.6. The molecule has 0 atom stereocenters. The lowest BCUT2D eigenvalue weighted by Gasteiger charge is -2.07. The number of nitrogens with one attached hydrogen (secondary N) is 2. The van der Waals surface area contributed by atoms with Gasteiger partial charge in [0.2, 0.25) is 0 Å². The molecule has 2 N–H and O–H groups in total. The van der Waals surface area contributed by atoms with Crippen molar-refractivity contribution in [2.24, 2.45) is 0 Å². The van der Waals surface area contributed by atoms with Crippen molar-refractivity contribution >= 4 is 11.4 Å². The minimum atomic E-state index is -0.467. The first-order chi connectivity index (χ1) is 9.20. The highest BCUT2D eigenvalue weighted by Crippen LogP contribution is 2.29. The van der Waals surface area contributed by atoms with Crippen molar-refractivity contribution in [3.63, 3.8) is 0 Å². The molecule has 0 spiro atoms. The number of H-pyrrole nitrogens is 1. The second-order valence-electron chi connectivity index (χ2n) is 3.86. The Labute approximate surface area is 109 Å². The van der Waals surface area contributed by atoms with Gasteiger partial charge >= 0.3 is 5.69 Å². The fourth-order valence-electron chi connectivity index (χ4n) is 1.70. The van der Waals surface area contributed by atoms with Gasteiger partial charge in [-0.3, -0.25) is 10.1 Å². The predicted molar refractivity (Wildman–Crippen MR) is 70.4 cm³/mol. The highest BCUT2D eigenvalue weighted by molar-refractivity contribution is 5.57. The summed E-state index contributed by atoms with van der Waals surface area (Å²) >= 11 is 0. The van der Waals surface area contributed by atoms with Crippen molar-refractivity contribution in [2.45, 2.75) is 6.42 Å². The van der Waals surface area contributed by atoms with E-state index in [9.17, 15) is 10.1 Å². The second-order valence-corrected chi connectivity index (χ2v) is 3.86. The molecular weight excluding hydrogens is 248 g/mol. The monoisotopic (exact) mass is 262 g/mol. The third-order valence-electron chi connectivity index (χ3n) is 2.62. The number of methoxy groups -OCH3 is 1. The van der Waals surface area contributed by atoms with Crippen LogP contribution in [0.25, 0.3) is 0 Å². The molecule has 7 nitrogen and oxygen atoms in total. The SMILES string of the molecule is COc1cc(NCCc2ncc[nH]2)ccc1[N+](=O)[O-]. The lowest BCUT2D eigenvalue weighted by atomic mass is 10.2. The van der Waals surface area contributed by atoms with Crippen LogP contribution in [0.2, 0.25) is 0 Å². The molecular formula is C12H14N4O3. The number of ether oxygens (including phenoxy) is 1. The molecule has 100 valence electrons. The van der Waals surface area contributed by atoms with E-state index in [1.165, 1.54) is 13.2 Å². The summed E-state index contributed by atoms with van der Waals surface area (Å²) in [6.07, 6.45) is 4.21. The number of rotatable bonds is 6. The molecule has 0 saturated heterocycles. The lowest BCUT2D eigenvalue weighted by molar-refractivity contribution is -0.385. The molecule has 0 saturated carbocycles. The molecule has 19 heavy (non-hydrogen) atoms. The summed E-state index contributed by atoms with van der Waals surface area (Å²) < 4.78 is 5.00. The van der Waals surface area contributed by atoms with Crippen molar-refractivity contribution in [1.82, 2.24) is 9.97 Å². The number of anilines is 1. The molecule has 0 fully saturated rings. The van der Waals surface area contributed by atoms with E-state index in [0.717, 1.165) is 17.9 Å². The number of aromatic amines is 1. The van der Waals surface area contributed by atoms with E-state index < -0.39 is 4.92 Å². The van der Waals surface area contributed by atoms with Crippen molar-refractivity contribution in [1.29, 1.82) is 0 Å². The topological polar surface area (TPSA) is 93.1 Å². The summed E-state index contributed by atoms with van der Waals surface area (Å²) in [6.45, 7) is 0.675. The lowest BCUT2D eigenvalue weighted by Crippen LogP contribution is -2.06. The van der Waals surface area contributed by atoms with E-state index in [1.54, 1.807) is 24.5 Å². The molecule has 7 heteroatoms. The van der Waals surface area contributed by atoms with Gasteiger partial charge in [-0.25, -0.2) is 4.98 Å². The van der Waals surface area contributed by atoms with Gasteiger partial charge in [0.05, 0.1) is 12.0 Å². The summed E-state index contributed by atoms with van der Waals surface area (Å²) in [5.41, 5.74) is 0.730. The van der Waals surface area contributed by atoms with Gasteiger partial charge in [0.15, 0.2) is 5.75 Å². The fraction of sp³-hybridized carbons (Fsp3) is 0.250. The quantitative estimate of drug-likeness (QED) is 0.613. The number of benzene rings is 1. The van der Waals surface area contributed by atoms with Crippen LogP contribution in [0, 0.1) is 10.1 Å². The van der Waals surface area contributed by atoms with Crippen LogP contribution in [0.4, 0.5) is 11.4 Å². The fourth-order valence-corrected chi connectivity index (χ4v) is 1.70. The van der Waals surface area contributed by atoms with E-state index in [4.69, 9.17) is 4.74 Å². The number of aromatic nitrogens is 2. The molecule has 0 aliphatic heterocycles. The van der Waals surface area contributed by atoms with Crippen molar-refractivity contribution in [3.8, 4) is 5.75 Å². The van der Waals surface area contributed by atoms with Crippen LogP contribution < -0.4 is 10.1 Å². The number of imidazole rings is 1. The van der Waals surface area contributed by atoms with Gasteiger partial charge in [0.1, 0.15) is 5.82 Å². The summed E-state index contributed by atoms with van der Waals surface area (Å²) in [5.74, 6) is 1.13. The summed E-state index contributed by atoms with van der Waals surface area (Å²) in [4.78, 5) is 17.4. The van der Waals surface area contributed by atoms with Crippen LogP contribution in [0.1, 0.15) is 5.82 Å². The van der Waals surface area contributed by atoms with Crippen LogP contribution in [0.5, 0.6) is 5.75 Å². The van der Waals surface area contributed by atoms with E-state index in [-0.39, 0.29) is 11.4 Å². The Bertz CT molecular complexity index is 554. The number of nitro benzene ring substituents is 1. The summed E-state index contributed by atoms with van der Waals surface area (Å²) in [6, 6.07) is 4.69. The molecule has 1 heterocycles. The molecule has 1 aromatic carbocycles. The Morgan fingerprint density at radius 2 is 2.37 bits per heavy atom. The maximum absolute atomic E-state index is 10.8. The Hall–Kier alpha value is -2.57. The molecule has 0 amide bonds. The van der Waals surface area contributed by atoms with Gasteiger partial charge in [0.25, 0.3) is 0 Å². The minimum absolute atomic E-state index is 0.0425. The van der Waals surface area contributed by atoms with E-state index in [1.807, 2.05) is 0 Å². The van der Waals surface area contributed by atoms with Crippen molar-refractivity contribution in [2.75, 3.05) is 19.0 Å². The van der Waals surface area contributed by atoms with Crippen molar-refractivity contribution in [3.05, 3.63) is 46.5 Å². The zero-order valence-corrected chi connectivity index (χ0v) is 10.4. The van der Waals surface area contributed by atoms with Gasteiger partial charge in [-0.1, -0.05) is 0 Å². The second kappa shape index (κ2) is 5.85. The molecule has 2 rings (SSSR count). The first-order valence-corrected chi connectivity index (χ1v) is 5.75.